The average molecular weight is 295 g/mol. The molecule has 0 aromatic heterocycles. The van der Waals surface area contributed by atoms with Crippen molar-refractivity contribution >= 4 is 21.7 Å². The maximum atomic E-state index is 11.8. The zero-order valence-electron chi connectivity index (χ0n) is 11.3. The van der Waals surface area contributed by atoms with Crippen molar-refractivity contribution in [3.63, 3.8) is 0 Å². The molecule has 6 nitrogen and oxygen atoms in total. The highest BCUT2D eigenvalue weighted by molar-refractivity contribution is 7.90. The Kier molecular flexibility index (Phi) is 5.04. The molecule has 7 heteroatoms. The van der Waals surface area contributed by atoms with Crippen LogP contribution in [0.15, 0.2) is 40.2 Å². The van der Waals surface area contributed by atoms with Crippen LogP contribution in [0.3, 0.4) is 0 Å². The third kappa shape index (κ3) is 4.20. The fourth-order valence-electron chi connectivity index (χ4n) is 1.63. The predicted molar refractivity (Wildman–Crippen MR) is 78.2 cm³/mol. The molecule has 20 heavy (non-hydrogen) atoms. The fourth-order valence-corrected chi connectivity index (χ4v) is 2.60. The summed E-state index contributed by atoms with van der Waals surface area (Å²) >= 11 is 0. The Bertz CT molecular complexity index is 672. The van der Waals surface area contributed by atoms with Gasteiger partial charge in [-0.15, -0.1) is 0 Å². The van der Waals surface area contributed by atoms with E-state index in [1.165, 1.54) is 12.1 Å². The van der Waals surface area contributed by atoms with Crippen LogP contribution in [0.2, 0.25) is 0 Å². The zero-order chi connectivity index (χ0) is 15.3. The summed E-state index contributed by atoms with van der Waals surface area (Å²) in [5.74, 6) is -1.04. The Balaban J connectivity index is 3.35. The van der Waals surface area contributed by atoms with Crippen LogP contribution in [0.25, 0.3) is 0 Å². The molecule has 1 amide bonds. The number of carbonyl (C=O) groups excluding carboxylic acids is 1. The van der Waals surface area contributed by atoms with E-state index in [1.54, 1.807) is 6.07 Å². The molecule has 0 unspecified atom stereocenters. The number of carbonyl (C=O) groups is 1. The minimum atomic E-state index is -3.45. The highest BCUT2D eigenvalue weighted by atomic mass is 32.2. The second-order valence-electron chi connectivity index (χ2n) is 4.21. The van der Waals surface area contributed by atoms with Crippen molar-refractivity contribution in [2.45, 2.75) is 18.2 Å². The number of aliphatic imine (C=N–C) groups is 1. The molecule has 0 saturated heterocycles. The second kappa shape index (κ2) is 6.33. The maximum Gasteiger partial charge on any atom is 0.280 e. The lowest BCUT2D eigenvalue weighted by Crippen LogP contribution is -2.24. The lowest BCUT2D eigenvalue weighted by atomic mass is 10.1. The van der Waals surface area contributed by atoms with Crippen LogP contribution in [0.4, 0.5) is 0 Å². The molecular weight excluding hydrogens is 278 g/mol. The van der Waals surface area contributed by atoms with Gasteiger partial charge in [0, 0.05) is 11.8 Å². The molecule has 0 spiro atoms. The van der Waals surface area contributed by atoms with Crippen LogP contribution in [-0.2, 0) is 16.3 Å². The third-order valence-corrected chi connectivity index (χ3v) is 3.70. The van der Waals surface area contributed by atoms with Crippen molar-refractivity contribution in [2.75, 3.05) is 6.26 Å². The van der Waals surface area contributed by atoms with Crippen molar-refractivity contribution in [1.82, 2.24) is 0 Å². The summed E-state index contributed by atoms with van der Waals surface area (Å²) in [6, 6.07) is 4.39. The topological polar surface area (TPSA) is 116 Å². The number of nitrogens with zero attached hydrogens (tertiary/aromatic N) is 1. The minimum absolute atomic E-state index is 0.104. The predicted octanol–water partition coefficient (Wildman–Crippen LogP) is 0.622. The average Bonchev–Trinajstić information content (AvgIpc) is 2.34. The molecule has 0 saturated carbocycles. The van der Waals surface area contributed by atoms with Gasteiger partial charge in [-0.1, -0.05) is 18.2 Å². The van der Waals surface area contributed by atoms with Crippen LogP contribution in [0.1, 0.15) is 22.8 Å². The Morgan fingerprint density at radius 1 is 1.35 bits per heavy atom. The van der Waals surface area contributed by atoms with E-state index < -0.39 is 15.7 Å². The summed E-state index contributed by atoms with van der Waals surface area (Å²) in [5, 5.41) is 0. The lowest BCUT2D eigenvalue weighted by Gasteiger charge is -2.07. The first kappa shape index (κ1) is 15.9. The highest BCUT2D eigenvalue weighted by Gasteiger charge is 2.16. The number of benzene rings is 1. The number of sulfone groups is 1. The first-order valence-corrected chi connectivity index (χ1v) is 7.73. The van der Waals surface area contributed by atoms with Gasteiger partial charge >= 0.3 is 0 Å². The standard InChI is InChI=1S/C13H17N3O3S/c1-3-4-5-9-6-7-10(12(17)16-13(14)15)8-11(9)20(2,18)19/h3-4,6-8H,5H2,1-2H3,(H4,14,15,16,17). The number of guanidine groups is 1. The lowest BCUT2D eigenvalue weighted by molar-refractivity contribution is 0.100. The summed E-state index contributed by atoms with van der Waals surface area (Å²) in [6.45, 7) is 1.84. The van der Waals surface area contributed by atoms with Gasteiger partial charge in [0.05, 0.1) is 4.90 Å². The number of hydrogen-bond acceptors (Lipinski definition) is 3. The van der Waals surface area contributed by atoms with Crippen molar-refractivity contribution in [3.8, 4) is 0 Å². The van der Waals surface area contributed by atoms with Crippen LogP contribution in [0.5, 0.6) is 0 Å². The molecule has 1 aromatic rings. The van der Waals surface area contributed by atoms with E-state index in [9.17, 15) is 13.2 Å². The molecule has 0 fully saturated rings. The molecule has 1 aromatic carbocycles. The molecule has 1 rings (SSSR count). The zero-order valence-corrected chi connectivity index (χ0v) is 12.1. The van der Waals surface area contributed by atoms with Gasteiger partial charge in [0.15, 0.2) is 15.8 Å². The van der Waals surface area contributed by atoms with E-state index in [0.717, 1.165) is 6.26 Å². The minimum Gasteiger partial charge on any atom is -0.370 e. The largest absolute Gasteiger partial charge is 0.370 e. The summed E-state index contributed by atoms with van der Waals surface area (Å²) in [7, 11) is -3.45. The Morgan fingerprint density at radius 3 is 2.50 bits per heavy atom. The van der Waals surface area contributed by atoms with E-state index in [2.05, 4.69) is 4.99 Å². The van der Waals surface area contributed by atoms with Crippen molar-refractivity contribution in [2.24, 2.45) is 16.5 Å². The van der Waals surface area contributed by atoms with Crippen LogP contribution in [-0.4, -0.2) is 26.5 Å². The van der Waals surface area contributed by atoms with Crippen molar-refractivity contribution in [1.29, 1.82) is 0 Å². The normalized spacial score (nSPS) is 11.5. The van der Waals surface area contributed by atoms with Gasteiger partial charge in [0.25, 0.3) is 5.91 Å². The molecule has 0 radical (unpaired) electrons. The van der Waals surface area contributed by atoms with E-state index in [-0.39, 0.29) is 16.4 Å². The fraction of sp³-hybridized carbons (Fsp3) is 0.231. The van der Waals surface area contributed by atoms with Crippen LogP contribution in [0, 0.1) is 0 Å². The van der Waals surface area contributed by atoms with Gasteiger partial charge in [-0.25, -0.2) is 8.42 Å². The monoisotopic (exact) mass is 295 g/mol. The molecule has 4 N–H and O–H groups in total. The van der Waals surface area contributed by atoms with Gasteiger partial charge in [-0.3, -0.25) is 4.79 Å². The smallest absolute Gasteiger partial charge is 0.280 e. The number of nitrogens with two attached hydrogens (primary N) is 2. The van der Waals surface area contributed by atoms with E-state index in [0.29, 0.717) is 12.0 Å². The second-order valence-corrected chi connectivity index (χ2v) is 6.19. The Morgan fingerprint density at radius 2 is 2.00 bits per heavy atom. The summed E-state index contributed by atoms with van der Waals surface area (Å²) < 4.78 is 23.6. The van der Waals surface area contributed by atoms with Gasteiger partial charge in [0.1, 0.15) is 0 Å². The van der Waals surface area contributed by atoms with E-state index in [1.807, 2.05) is 19.1 Å². The molecule has 0 aliphatic heterocycles. The van der Waals surface area contributed by atoms with Gasteiger partial charge < -0.3 is 11.5 Å². The van der Waals surface area contributed by atoms with Gasteiger partial charge in [-0.05, 0) is 31.0 Å². The summed E-state index contributed by atoms with van der Waals surface area (Å²) in [4.78, 5) is 15.2. The molecule has 108 valence electrons. The number of rotatable bonds is 4. The summed E-state index contributed by atoms with van der Waals surface area (Å²) in [6.07, 6.45) is 5.22. The molecule has 0 heterocycles. The van der Waals surface area contributed by atoms with Crippen molar-refractivity contribution < 1.29 is 13.2 Å². The van der Waals surface area contributed by atoms with Crippen molar-refractivity contribution in [3.05, 3.63) is 41.5 Å². The SMILES string of the molecule is CC=CCc1ccc(C(=O)N=C(N)N)cc1S(C)(=O)=O. The molecule has 0 aliphatic carbocycles. The first-order valence-electron chi connectivity index (χ1n) is 5.83. The van der Waals surface area contributed by atoms with E-state index >= 15 is 0 Å². The number of amides is 1. The molecule has 0 bridgehead atoms. The highest BCUT2D eigenvalue weighted by Crippen LogP contribution is 2.19. The van der Waals surface area contributed by atoms with Crippen LogP contribution < -0.4 is 11.5 Å². The maximum absolute atomic E-state index is 11.8. The van der Waals surface area contributed by atoms with Gasteiger partial charge in [-0.2, -0.15) is 4.99 Å². The molecule has 0 aliphatic rings. The number of allylic oxidation sites excluding steroid dienone is 2. The molecular formula is C13H17N3O3S. The Hall–Kier alpha value is -2.15. The Labute approximate surface area is 118 Å². The van der Waals surface area contributed by atoms with Gasteiger partial charge in [0.2, 0.25) is 0 Å². The quantitative estimate of drug-likeness (QED) is 0.480. The third-order valence-electron chi connectivity index (χ3n) is 2.52. The first-order chi connectivity index (χ1) is 9.25. The number of hydrogen-bond donors (Lipinski definition) is 2. The van der Waals surface area contributed by atoms with E-state index in [4.69, 9.17) is 11.5 Å². The van der Waals surface area contributed by atoms with Crippen LogP contribution >= 0.6 is 0 Å². The summed E-state index contributed by atoms with van der Waals surface area (Å²) in [5.41, 5.74) is 11.0. The molecule has 0 atom stereocenters.